The number of carboxylic acids is 1. The molecule has 0 spiro atoms. The van der Waals surface area contributed by atoms with Gasteiger partial charge in [0.1, 0.15) is 28.6 Å². The number of hydrazine groups is 1. The Kier molecular flexibility index (Phi) is 8.97. The summed E-state index contributed by atoms with van der Waals surface area (Å²) >= 11 is 12.7. The number of carbonyl (C=O) groups excluding carboxylic acids is 4. The van der Waals surface area contributed by atoms with Crippen LogP contribution < -0.4 is 19.8 Å². The Balaban J connectivity index is 1.33. The van der Waals surface area contributed by atoms with Gasteiger partial charge in [-0.05, 0) is 72.9 Å². The lowest BCUT2D eigenvalue weighted by atomic mass is 9.49. The topological polar surface area (TPSA) is 183 Å². The number of allylic oxidation sites excluding steroid dienone is 2. The summed E-state index contributed by atoms with van der Waals surface area (Å²) in [5, 5.41) is 31.9. The van der Waals surface area contributed by atoms with Crippen LogP contribution in [0.1, 0.15) is 40.2 Å². The standard InChI is InChI=1S/C41H33Cl2N3O10/c1-55-23-8-3-19(4-9-23)41-29(37(50)46(40(41)54)44-31-14-5-20(42)15-30(31)43)18-28-24(35(41)26-11-7-22(47)17-33(26)56-2)12-13-27-34(28)38(51)45(36(27)49)21-6-10-25(39(52)53)32(48)16-21/h3-12,14-17,27-29,34-35,44,47-48H,13,18H2,1-2H3,(H,52,53). The number of methoxy groups -OCH3 is 2. The van der Waals surface area contributed by atoms with E-state index in [9.17, 15) is 34.5 Å². The second-order valence-electron chi connectivity index (χ2n) is 14.2. The minimum absolute atomic E-state index is 0.000863. The summed E-state index contributed by atoms with van der Waals surface area (Å²) in [5.41, 5.74) is 2.67. The van der Waals surface area contributed by atoms with Gasteiger partial charge in [-0.25, -0.2) is 9.69 Å². The highest BCUT2D eigenvalue weighted by Gasteiger charge is 2.70. The van der Waals surface area contributed by atoms with E-state index in [0.29, 0.717) is 27.5 Å². The largest absolute Gasteiger partial charge is 0.508 e. The monoisotopic (exact) mass is 797 g/mol. The third kappa shape index (κ3) is 5.40. The third-order valence-corrected chi connectivity index (χ3v) is 12.1. The Labute approximate surface area is 329 Å². The van der Waals surface area contributed by atoms with E-state index in [2.05, 4.69) is 5.43 Å². The van der Waals surface area contributed by atoms with Gasteiger partial charge in [0.15, 0.2) is 0 Å². The minimum atomic E-state index is -1.67. The van der Waals surface area contributed by atoms with E-state index in [1.54, 1.807) is 42.5 Å². The quantitative estimate of drug-likeness (QED) is 0.116. The van der Waals surface area contributed by atoms with E-state index in [1.165, 1.54) is 38.5 Å². The zero-order chi connectivity index (χ0) is 39.8. The number of nitrogens with zero attached hydrogens (tertiary/aromatic N) is 2. The van der Waals surface area contributed by atoms with Gasteiger partial charge in [-0.2, -0.15) is 5.01 Å². The molecule has 0 radical (unpaired) electrons. The van der Waals surface area contributed by atoms with Gasteiger partial charge in [0.2, 0.25) is 11.8 Å². The SMILES string of the molecule is COc1ccc(C23C(=O)N(Nc4ccc(Cl)cc4Cl)C(=O)C2CC2C(=CCC4C(=O)N(c5ccc(C(=O)O)c(O)c5)C(=O)C42)C3c2ccc(O)cc2OC)cc1. The molecule has 4 aromatic rings. The normalized spacial score (nSPS) is 25.4. The predicted octanol–water partition coefficient (Wildman–Crippen LogP) is 6.31. The van der Waals surface area contributed by atoms with Crippen molar-refractivity contribution in [3.05, 3.63) is 117 Å². The van der Waals surface area contributed by atoms with Crippen LogP contribution in [0, 0.1) is 23.7 Å². The molecule has 4 N–H and O–H groups in total. The molecule has 2 aliphatic heterocycles. The molecule has 15 heteroatoms. The molecule has 4 aliphatic rings. The van der Waals surface area contributed by atoms with Gasteiger partial charge in [0.25, 0.3) is 11.8 Å². The molecular formula is C41H33Cl2N3O10. The first-order valence-corrected chi connectivity index (χ1v) is 18.3. The van der Waals surface area contributed by atoms with Crippen LogP contribution in [0.25, 0.3) is 0 Å². The van der Waals surface area contributed by atoms with Crippen molar-refractivity contribution in [1.82, 2.24) is 5.01 Å². The zero-order valence-corrected chi connectivity index (χ0v) is 31.2. The Morgan fingerprint density at radius 2 is 1.61 bits per heavy atom. The summed E-state index contributed by atoms with van der Waals surface area (Å²) in [6.45, 7) is 0. The van der Waals surface area contributed by atoms with Crippen molar-refractivity contribution in [1.29, 1.82) is 0 Å². The van der Waals surface area contributed by atoms with Gasteiger partial charge < -0.3 is 24.8 Å². The maximum absolute atomic E-state index is 15.5. The lowest BCUT2D eigenvalue weighted by molar-refractivity contribution is -0.138. The Morgan fingerprint density at radius 3 is 2.27 bits per heavy atom. The first-order chi connectivity index (χ1) is 26.8. The molecule has 286 valence electrons. The Morgan fingerprint density at radius 1 is 0.857 bits per heavy atom. The molecule has 1 saturated carbocycles. The van der Waals surface area contributed by atoms with E-state index in [0.717, 1.165) is 22.0 Å². The van der Waals surface area contributed by atoms with Crippen molar-refractivity contribution >= 4 is 64.2 Å². The van der Waals surface area contributed by atoms with Gasteiger partial charge in [-0.1, -0.05) is 53.1 Å². The fraction of sp³-hybridized carbons (Fsp3) is 0.244. The molecule has 4 amide bonds. The van der Waals surface area contributed by atoms with Crippen molar-refractivity contribution in [2.24, 2.45) is 23.7 Å². The van der Waals surface area contributed by atoms with Gasteiger partial charge in [-0.15, -0.1) is 0 Å². The number of carboxylic acid groups (broad SMARTS) is 1. The molecule has 2 aliphatic carbocycles. The molecule has 0 aromatic heterocycles. The third-order valence-electron chi connectivity index (χ3n) is 11.6. The summed E-state index contributed by atoms with van der Waals surface area (Å²) in [6, 6.07) is 19.3. The zero-order valence-electron chi connectivity index (χ0n) is 29.7. The average Bonchev–Trinajstić information content (AvgIpc) is 3.56. The average molecular weight is 799 g/mol. The number of imide groups is 2. The first-order valence-electron chi connectivity index (χ1n) is 17.6. The maximum Gasteiger partial charge on any atom is 0.339 e. The molecule has 2 saturated heterocycles. The second-order valence-corrected chi connectivity index (χ2v) is 15.0. The fourth-order valence-corrected chi connectivity index (χ4v) is 9.67. The number of hydrogen-bond acceptors (Lipinski definition) is 10. The van der Waals surface area contributed by atoms with Crippen LogP contribution in [-0.4, -0.2) is 64.1 Å². The molecule has 4 aromatic carbocycles. The van der Waals surface area contributed by atoms with Gasteiger partial charge in [-0.3, -0.25) is 24.6 Å². The number of phenolic OH excluding ortho intramolecular Hbond substituents is 1. The number of aromatic carboxylic acids is 1. The number of anilines is 2. The molecule has 0 bridgehead atoms. The number of aromatic hydroxyl groups is 2. The van der Waals surface area contributed by atoms with Crippen LogP contribution in [0.2, 0.25) is 10.0 Å². The van der Waals surface area contributed by atoms with E-state index in [4.69, 9.17) is 32.7 Å². The van der Waals surface area contributed by atoms with E-state index in [-0.39, 0.29) is 40.7 Å². The summed E-state index contributed by atoms with van der Waals surface area (Å²) < 4.78 is 11.3. The number of ether oxygens (including phenoxy) is 2. The van der Waals surface area contributed by atoms with Crippen molar-refractivity contribution < 1.29 is 48.8 Å². The summed E-state index contributed by atoms with van der Waals surface area (Å²) in [5.74, 6) is -8.43. The summed E-state index contributed by atoms with van der Waals surface area (Å²) in [7, 11) is 2.92. The molecule has 56 heavy (non-hydrogen) atoms. The molecule has 6 unspecified atom stereocenters. The maximum atomic E-state index is 15.5. The number of phenols is 2. The smallest absolute Gasteiger partial charge is 0.339 e. The lowest BCUT2D eigenvalue weighted by Crippen LogP contribution is -2.53. The molecule has 3 fully saturated rings. The number of benzene rings is 4. The molecular weight excluding hydrogens is 765 g/mol. The Hall–Kier alpha value is -6.05. The van der Waals surface area contributed by atoms with E-state index in [1.807, 2.05) is 6.08 Å². The van der Waals surface area contributed by atoms with Crippen molar-refractivity contribution in [2.45, 2.75) is 24.2 Å². The van der Waals surface area contributed by atoms with Crippen LogP contribution in [0.5, 0.6) is 23.0 Å². The molecule has 2 heterocycles. The van der Waals surface area contributed by atoms with E-state index < -0.39 is 75.9 Å². The number of carbonyl (C=O) groups is 5. The number of nitrogens with one attached hydrogen (secondary N) is 1. The van der Waals surface area contributed by atoms with Crippen LogP contribution >= 0.6 is 23.2 Å². The number of rotatable bonds is 8. The van der Waals surface area contributed by atoms with Gasteiger partial charge in [0.05, 0.1) is 53.8 Å². The second kappa shape index (κ2) is 13.6. The van der Waals surface area contributed by atoms with Gasteiger partial charge in [0, 0.05) is 28.6 Å². The number of amides is 4. The number of fused-ring (bicyclic) bond motifs is 4. The Bertz CT molecular complexity index is 2400. The molecule has 8 rings (SSSR count). The van der Waals surface area contributed by atoms with Gasteiger partial charge >= 0.3 is 5.97 Å². The van der Waals surface area contributed by atoms with Crippen LogP contribution in [-0.2, 0) is 24.6 Å². The van der Waals surface area contributed by atoms with Crippen molar-refractivity contribution in [3.8, 4) is 23.0 Å². The van der Waals surface area contributed by atoms with Crippen molar-refractivity contribution in [3.63, 3.8) is 0 Å². The predicted molar refractivity (Wildman–Crippen MR) is 203 cm³/mol. The molecule has 13 nitrogen and oxygen atoms in total. The highest BCUT2D eigenvalue weighted by Crippen LogP contribution is 2.65. The molecule has 6 atom stereocenters. The fourth-order valence-electron chi connectivity index (χ4n) is 9.22. The number of halogens is 2. The van der Waals surface area contributed by atoms with Crippen molar-refractivity contribution in [2.75, 3.05) is 24.5 Å². The number of hydrogen-bond donors (Lipinski definition) is 4. The minimum Gasteiger partial charge on any atom is -0.508 e. The van der Waals surface area contributed by atoms with Crippen LogP contribution in [0.15, 0.2) is 90.5 Å². The highest BCUT2D eigenvalue weighted by molar-refractivity contribution is 6.36. The van der Waals surface area contributed by atoms with Crippen LogP contribution in [0.3, 0.4) is 0 Å². The summed E-state index contributed by atoms with van der Waals surface area (Å²) in [6.07, 6.45) is 1.93. The van der Waals surface area contributed by atoms with E-state index >= 15 is 4.79 Å². The first kappa shape index (κ1) is 36.9. The van der Waals surface area contributed by atoms with Crippen LogP contribution in [0.4, 0.5) is 11.4 Å². The summed E-state index contributed by atoms with van der Waals surface area (Å²) in [4.78, 5) is 71.7. The highest BCUT2D eigenvalue weighted by atomic mass is 35.5. The lowest BCUT2D eigenvalue weighted by Gasteiger charge is -2.50.